The fraction of sp³-hybridized carbons (Fsp3) is 0.300. The summed E-state index contributed by atoms with van der Waals surface area (Å²) in [5, 5.41) is 9.10. The monoisotopic (exact) mass is 377 g/mol. The summed E-state index contributed by atoms with van der Waals surface area (Å²) in [5.74, 6) is 0.206. The van der Waals surface area contributed by atoms with Crippen LogP contribution in [-0.2, 0) is 6.54 Å². The number of hydrogen-bond donors (Lipinski definition) is 1. The quantitative estimate of drug-likeness (QED) is 0.744. The van der Waals surface area contributed by atoms with E-state index in [4.69, 9.17) is 9.68 Å². The molecule has 1 aliphatic rings. The number of aryl methyl sites for hydroxylation is 1. The van der Waals surface area contributed by atoms with E-state index in [0.29, 0.717) is 30.0 Å². The van der Waals surface area contributed by atoms with Gasteiger partial charge in [-0.15, -0.1) is 0 Å². The van der Waals surface area contributed by atoms with Gasteiger partial charge in [-0.2, -0.15) is 5.26 Å². The van der Waals surface area contributed by atoms with Gasteiger partial charge in [0.25, 0.3) is 11.5 Å². The van der Waals surface area contributed by atoms with Crippen LogP contribution in [0.5, 0.6) is 0 Å². The van der Waals surface area contributed by atoms with Gasteiger partial charge >= 0.3 is 0 Å². The van der Waals surface area contributed by atoms with Gasteiger partial charge < -0.3 is 14.3 Å². The minimum Gasteiger partial charge on any atom is -0.442 e. The van der Waals surface area contributed by atoms with E-state index in [0.717, 1.165) is 25.2 Å². The maximum atomic E-state index is 13.0. The first-order valence-corrected chi connectivity index (χ1v) is 9.04. The lowest BCUT2D eigenvalue weighted by atomic mass is 10.1. The molecule has 0 saturated carbocycles. The Kier molecular flexibility index (Phi) is 4.67. The van der Waals surface area contributed by atoms with Gasteiger partial charge in [0.2, 0.25) is 5.71 Å². The third kappa shape index (κ3) is 3.28. The number of carbonyl (C=O) groups is 1. The summed E-state index contributed by atoms with van der Waals surface area (Å²) in [6, 6.07) is 9.65. The Morgan fingerprint density at radius 3 is 2.64 bits per heavy atom. The number of nitriles is 1. The average molecular weight is 377 g/mol. The highest BCUT2D eigenvalue weighted by atomic mass is 16.3. The molecule has 0 unspecified atom stereocenters. The SMILES string of the molecule is Cc1oc2nc[nH]c(=O)c2c1C(=O)N1CCN(Cc2ccc(C#N)cc2)CC1. The van der Waals surface area contributed by atoms with Crippen molar-refractivity contribution in [1.29, 1.82) is 5.26 Å². The first-order valence-electron chi connectivity index (χ1n) is 9.04. The fourth-order valence-corrected chi connectivity index (χ4v) is 3.52. The van der Waals surface area contributed by atoms with Crippen LogP contribution in [0.25, 0.3) is 11.1 Å². The first-order chi connectivity index (χ1) is 13.6. The van der Waals surface area contributed by atoms with E-state index >= 15 is 0 Å². The van der Waals surface area contributed by atoms with Crippen LogP contribution in [0, 0.1) is 18.3 Å². The van der Waals surface area contributed by atoms with E-state index in [1.807, 2.05) is 24.3 Å². The van der Waals surface area contributed by atoms with Crippen molar-refractivity contribution in [2.75, 3.05) is 26.2 Å². The molecule has 3 aromatic rings. The Bertz CT molecular complexity index is 1120. The largest absolute Gasteiger partial charge is 0.442 e. The number of hydrogen-bond acceptors (Lipinski definition) is 6. The van der Waals surface area contributed by atoms with Crippen LogP contribution in [0.4, 0.5) is 0 Å². The molecule has 1 N–H and O–H groups in total. The Morgan fingerprint density at radius 2 is 1.96 bits per heavy atom. The molecule has 1 aliphatic heterocycles. The molecule has 8 nitrogen and oxygen atoms in total. The van der Waals surface area contributed by atoms with Crippen LogP contribution in [0.2, 0.25) is 0 Å². The maximum Gasteiger partial charge on any atom is 0.262 e. The summed E-state index contributed by atoms with van der Waals surface area (Å²) in [6.07, 6.45) is 1.27. The smallest absolute Gasteiger partial charge is 0.262 e. The lowest BCUT2D eigenvalue weighted by Crippen LogP contribution is -2.48. The highest BCUT2D eigenvalue weighted by Gasteiger charge is 2.28. The molecule has 0 atom stereocenters. The lowest BCUT2D eigenvalue weighted by Gasteiger charge is -2.34. The van der Waals surface area contributed by atoms with Crippen LogP contribution in [0.15, 0.2) is 39.8 Å². The number of amides is 1. The standard InChI is InChI=1S/C20H19N5O3/c1-13-16(17-18(26)22-12-23-19(17)28-13)20(27)25-8-6-24(7-9-25)11-15-4-2-14(10-21)3-5-15/h2-5,12H,6-9,11H2,1H3,(H,22,23,26). The van der Waals surface area contributed by atoms with Crippen LogP contribution >= 0.6 is 0 Å². The van der Waals surface area contributed by atoms with E-state index in [-0.39, 0.29) is 22.6 Å². The maximum absolute atomic E-state index is 13.0. The average Bonchev–Trinajstić information content (AvgIpc) is 3.06. The molecule has 4 rings (SSSR count). The van der Waals surface area contributed by atoms with Gasteiger partial charge in [0.1, 0.15) is 11.1 Å². The molecule has 0 spiro atoms. The zero-order chi connectivity index (χ0) is 19.7. The molecular weight excluding hydrogens is 358 g/mol. The van der Waals surface area contributed by atoms with Crippen molar-refractivity contribution in [1.82, 2.24) is 19.8 Å². The molecule has 8 heteroatoms. The summed E-state index contributed by atoms with van der Waals surface area (Å²) in [5.41, 5.74) is 1.89. The van der Waals surface area contributed by atoms with Crippen LogP contribution in [-0.4, -0.2) is 51.9 Å². The van der Waals surface area contributed by atoms with Gasteiger partial charge in [0, 0.05) is 32.7 Å². The molecule has 1 saturated heterocycles. The van der Waals surface area contributed by atoms with Crippen LogP contribution < -0.4 is 5.56 Å². The predicted octanol–water partition coefficient (Wildman–Crippen LogP) is 1.65. The van der Waals surface area contributed by atoms with Gasteiger partial charge in [0.15, 0.2) is 0 Å². The van der Waals surface area contributed by atoms with E-state index < -0.39 is 0 Å². The number of rotatable bonds is 3. The van der Waals surface area contributed by atoms with Gasteiger partial charge in [0.05, 0.1) is 23.5 Å². The summed E-state index contributed by atoms with van der Waals surface area (Å²) in [4.78, 5) is 35.7. The molecule has 142 valence electrons. The number of furan rings is 1. The second-order valence-electron chi connectivity index (χ2n) is 6.82. The van der Waals surface area contributed by atoms with Crippen molar-refractivity contribution >= 4 is 17.0 Å². The molecule has 0 bridgehead atoms. The Morgan fingerprint density at radius 1 is 1.25 bits per heavy atom. The zero-order valence-corrected chi connectivity index (χ0v) is 15.4. The van der Waals surface area contributed by atoms with Crippen molar-refractivity contribution in [2.45, 2.75) is 13.5 Å². The Labute approximate surface area is 161 Å². The van der Waals surface area contributed by atoms with E-state index in [9.17, 15) is 9.59 Å². The van der Waals surface area contributed by atoms with Crippen molar-refractivity contribution in [2.24, 2.45) is 0 Å². The third-order valence-corrected chi connectivity index (χ3v) is 5.03. The minimum absolute atomic E-state index is 0.184. The van der Waals surface area contributed by atoms with Gasteiger partial charge in [-0.05, 0) is 24.6 Å². The highest BCUT2D eigenvalue weighted by molar-refractivity contribution is 6.06. The summed E-state index contributed by atoms with van der Waals surface area (Å²) in [7, 11) is 0. The first kappa shape index (κ1) is 17.9. The number of nitrogens with one attached hydrogen (secondary N) is 1. The molecular formula is C20H19N5O3. The molecule has 28 heavy (non-hydrogen) atoms. The van der Waals surface area contributed by atoms with Gasteiger partial charge in [-0.1, -0.05) is 12.1 Å². The molecule has 1 fully saturated rings. The van der Waals surface area contributed by atoms with E-state index in [2.05, 4.69) is 20.9 Å². The van der Waals surface area contributed by atoms with Crippen molar-refractivity contribution < 1.29 is 9.21 Å². The van der Waals surface area contributed by atoms with Crippen LogP contribution in [0.3, 0.4) is 0 Å². The van der Waals surface area contributed by atoms with E-state index in [1.54, 1.807) is 11.8 Å². The number of aromatic nitrogens is 2. The van der Waals surface area contributed by atoms with Crippen LogP contribution in [0.1, 0.15) is 27.2 Å². The summed E-state index contributed by atoms with van der Waals surface area (Å²) < 4.78 is 5.50. The number of H-pyrrole nitrogens is 1. The summed E-state index contributed by atoms with van der Waals surface area (Å²) >= 11 is 0. The molecule has 3 heterocycles. The number of piperazine rings is 1. The number of aromatic amines is 1. The second-order valence-corrected chi connectivity index (χ2v) is 6.82. The third-order valence-electron chi connectivity index (χ3n) is 5.03. The van der Waals surface area contributed by atoms with Gasteiger partial charge in [-0.3, -0.25) is 14.5 Å². The van der Waals surface area contributed by atoms with Crippen molar-refractivity contribution in [3.05, 3.63) is 63.4 Å². The molecule has 1 aromatic carbocycles. The highest BCUT2D eigenvalue weighted by Crippen LogP contribution is 2.23. The van der Waals surface area contributed by atoms with Gasteiger partial charge in [-0.25, -0.2) is 4.98 Å². The predicted molar refractivity (Wildman–Crippen MR) is 102 cm³/mol. The Balaban J connectivity index is 1.45. The molecule has 2 aromatic heterocycles. The number of fused-ring (bicyclic) bond motifs is 1. The minimum atomic E-state index is -0.371. The second kappa shape index (κ2) is 7.29. The molecule has 1 amide bonds. The van der Waals surface area contributed by atoms with Crippen molar-refractivity contribution in [3.8, 4) is 6.07 Å². The summed E-state index contributed by atoms with van der Waals surface area (Å²) in [6.45, 7) is 5.05. The molecule has 0 aliphatic carbocycles. The Hall–Kier alpha value is -3.44. The van der Waals surface area contributed by atoms with Crippen molar-refractivity contribution in [3.63, 3.8) is 0 Å². The fourth-order valence-electron chi connectivity index (χ4n) is 3.52. The number of nitrogens with zero attached hydrogens (tertiary/aromatic N) is 4. The van der Waals surface area contributed by atoms with E-state index in [1.165, 1.54) is 6.33 Å². The zero-order valence-electron chi connectivity index (χ0n) is 15.4. The topological polar surface area (TPSA) is 106 Å². The molecule has 0 radical (unpaired) electrons. The lowest BCUT2D eigenvalue weighted by molar-refractivity contribution is 0.0628. The number of benzene rings is 1. The number of carbonyl (C=O) groups excluding carboxylic acids is 1. The normalized spacial score (nSPS) is 14.9.